The first kappa shape index (κ1) is 11.9. The van der Waals surface area contributed by atoms with Crippen molar-refractivity contribution in [1.82, 2.24) is 4.57 Å². The molecular formula is C17H21NS. The molecule has 2 heteroatoms. The Bertz CT molecular complexity index is 629. The number of hydrogen-bond acceptors (Lipinski definition) is 1. The molecule has 2 aliphatic rings. The minimum absolute atomic E-state index is 0.408. The Hall–Kier alpha value is -0.890. The van der Waals surface area contributed by atoms with Crippen molar-refractivity contribution >= 4 is 22.7 Å². The fraction of sp³-hybridized carbons (Fsp3) is 0.529. The van der Waals surface area contributed by atoms with Gasteiger partial charge in [-0.05, 0) is 42.5 Å². The van der Waals surface area contributed by atoms with Crippen molar-refractivity contribution in [2.75, 3.05) is 6.26 Å². The number of aromatic nitrogens is 1. The van der Waals surface area contributed by atoms with Crippen LogP contribution in [0.15, 0.2) is 30.3 Å². The van der Waals surface area contributed by atoms with E-state index < -0.39 is 0 Å². The van der Waals surface area contributed by atoms with Crippen molar-refractivity contribution in [3.05, 3.63) is 36.0 Å². The van der Waals surface area contributed by atoms with Gasteiger partial charge >= 0.3 is 0 Å². The average molecular weight is 271 g/mol. The van der Waals surface area contributed by atoms with E-state index >= 15 is 0 Å². The second-order valence-electron chi connectivity index (χ2n) is 6.35. The molecule has 2 heterocycles. The fourth-order valence-electron chi connectivity index (χ4n) is 4.48. The zero-order valence-electron chi connectivity index (χ0n) is 11.7. The Balaban J connectivity index is 2.00. The van der Waals surface area contributed by atoms with Crippen LogP contribution in [0.4, 0.5) is 0 Å². The van der Waals surface area contributed by atoms with Crippen LogP contribution in [0.2, 0.25) is 0 Å². The summed E-state index contributed by atoms with van der Waals surface area (Å²) in [6.07, 6.45) is 7.86. The van der Waals surface area contributed by atoms with Gasteiger partial charge in [0.1, 0.15) is 0 Å². The van der Waals surface area contributed by atoms with E-state index in [0.717, 1.165) is 5.92 Å². The maximum Gasteiger partial charge on any atom is 0.0831 e. The van der Waals surface area contributed by atoms with Gasteiger partial charge in [-0.15, -0.1) is 11.8 Å². The van der Waals surface area contributed by atoms with Crippen LogP contribution in [0.3, 0.4) is 0 Å². The highest BCUT2D eigenvalue weighted by atomic mass is 32.2. The third kappa shape index (κ3) is 1.44. The van der Waals surface area contributed by atoms with Gasteiger partial charge in [-0.1, -0.05) is 38.0 Å². The molecule has 1 nitrogen and oxygen atoms in total. The number of nitrogens with zero attached hydrogens (tertiary/aromatic N) is 1. The predicted molar refractivity (Wildman–Crippen MR) is 83.8 cm³/mol. The van der Waals surface area contributed by atoms with E-state index in [-0.39, 0.29) is 0 Å². The third-order valence-corrected chi connectivity index (χ3v) is 6.48. The van der Waals surface area contributed by atoms with Crippen LogP contribution < -0.4 is 0 Å². The van der Waals surface area contributed by atoms with E-state index in [1.54, 1.807) is 5.69 Å². The van der Waals surface area contributed by atoms with Gasteiger partial charge in [0.25, 0.3) is 0 Å². The maximum absolute atomic E-state index is 2.65. The van der Waals surface area contributed by atoms with E-state index in [0.29, 0.717) is 10.8 Å². The number of rotatable bonds is 1. The van der Waals surface area contributed by atoms with Gasteiger partial charge in [0.05, 0.1) is 5.37 Å². The molecule has 0 radical (unpaired) electrons. The molecule has 19 heavy (non-hydrogen) atoms. The Kier molecular flexibility index (Phi) is 2.54. The van der Waals surface area contributed by atoms with Crippen molar-refractivity contribution in [3.8, 4) is 0 Å². The fourth-order valence-corrected chi connectivity index (χ4v) is 5.68. The molecule has 0 amide bonds. The van der Waals surface area contributed by atoms with E-state index in [1.165, 1.54) is 36.6 Å². The van der Waals surface area contributed by atoms with E-state index in [9.17, 15) is 0 Å². The van der Waals surface area contributed by atoms with Gasteiger partial charge in [-0.3, -0.25) is 0 Å². The molecule has 1 aromatic carbocycles. The molecular weight excluding hydrogens is 250 g/mol. The summed E-state index contributed by atoms with van der Waals surface area (Å²) >= 11 is 2.04. The topological polar surface area (TPSA) is 4.93 Å². The Labute approximate surface area is 119 Å². The molecule has 0 spiro atoms. The molecule has 1 aliphatic carbocycles. The highest BCUT2D eigenvalue weighted by Gasteiger charge is 2.50. The first-order chi connectivity index (χ1) is 9.25. The lowest BCUT2D eigenvalue weighted by atomic mass is 9.67. The molecule has 1 aromatic heterocycles. The summed E-state index contributed by atoms with van der Waals surface area (Å²) in [6.45, 7) is 2.51. The van der Waals surface area contributed by atoms with E-state index in [2.05, 4.69) is 48.1 Å². The molecule has 2 aromatic rings. The molecule has 0 N–H and O–H groups in total. The molecule has 1 fully saturated rings. The Morgan fingerprint density at radius 2 is 2.11 bits per heavy atom. The maximum atomic E-state index is 2.65. The molecule has 0 saturated heterocycles. The van der Waals surface area contributed by atoms with Crippen molar-refractivity contribution in [2.24, 2.45) is 5.92 Å². The lowest BCUT2D eigenvalue weighted by molar-refractivity contribution is 0.219. The third-order valence-electron chi connectivity index (χ3n) is 5.45. The Morgan fingerprint density at radius 3 is 2.95 bits per heavy atom. The van der Waals surface area contributed by atoms with Gasteiger partial charge in [0.2, 0.25) is 0 Å². The van der Waals surface area contributed by atoms with Gasteiger partial charge in [0.15, 0.2) is 0 Å². The average Bonchev–Trinajstić information content (AvgIpc) is 2.92. The summed E-state index contributed by atoms with van der Waals surface area (Å²) < 4.78 is 2.65. The number of para-hydroxylation sites is 1. The minimum atomic E-state index is 0.408. The quantitative estimate of drug-likeness (QED) is 0.709. The molecule has 4 rings (SSSR count). The molecule has 2 unspecified atom stereocenters. The van der Waals surface area contributed by atoms with Crippen LogP contribution in [0.25, 0.3) is 10.9 Å². The molecule has 1 aliphatic heterocycles. The monoisotopic (exact) mass is 271 g/mol. The van der Waals surface area contributed by atoms with Crippen LogP contribution >= 0.6 is 11.8 Å². The normalized spacial score (nSPS) is 33.4. The summed E-state index contributed by atoms with van der Waals surface area (Å²) in [5.41, 5.74) is 3.44. The van der Waals surface area contributed by atoms with E-state index in [4.69, 9.17) is 0 Å². The minimum Gasteiger partial charge on any atom is -0.331 e. The van der Waals surface area contributed by atoms with Crippen molar-refractivity contribution in [3.63, 3.8) is 0 Å². The lowest BCUT2D eigenvalue weighted by Gasteiger charge is -2.37. The van der Waals surface area contributed by atoms with Crippen molar-refractivity contribution in [2.45, 2.75) is 43.4 Å². The summed E-state index contributed by atoms with van der Waals surface area (Å²) in [5.74, 6) is 0.829. The number of thioether (sulfide) groups is 1. The highest BCUT2D eigenvalue weighted by Crippen LogP contribution is 2.58. The summed E-state index contributed by atoms with van der Waals surface area (Å²) in [7, 11) is 0. The summed E-state index contributed by atoms with van der Waals surface area (Å²) in [6, 6.07) is 11.4. The summed E-state index contributed by atoms with van der Waals surface area (Å²) in [4.78, 5) is 0. The zero-order chi connectivity index (χ0) is 13.0. The smallest absolute Gasteiger partial charge is 0.0831 e. The van der Waals surface area contributed by atoms with Crippen LogP contribution in [-0.4, -0.2) is 10.8 Å². The van der Waals surface area contributed by atoms with Crippen LogP contribution in [0.1, 0.15) is 43.7 Å². The first-order valence-electron chi connectivity index (χ1n) is 7.39. The second kappa shape index (κ2) is 4.05. The van der Waals surface area contributed by atoms with Gasteiger partial charge in [0, 0.05) is 16.6 Å². The first-order valence-corrected chi connectivity index (χ1v) is 8.68. The van der Waals surface area contributed by atoms with E-state index in [1.807, 2.05) is 11.8 Å². The lowest BCUT2D eigenvalue weighted by Crippen LogP contribution is -2.32. The highest BCUT2D eigenvalue weighted by molar-refractivity contribution is 7.98. The van der Waals surface area contributed by atoms with Gasteiger partial charge < -0.3 is 4.57 Å². The molecule has 100 valence electrons. The predicted octanol–water partition coefficient (Wildman–Crippen LogP) is 4.96. The zero-order valence-corrected chi connectivity index (χ0v) is 12.5. The van der Waals surface area contributed by atoms with Crippen LogP contribution in [0, 0.1) is 5.92 Å². The van der Waals surface area contributed by atoms with Crippen molar-refractivity contribution < 1.29 is 0 Å². The Morgan fingerprint density at radius 1 is 1.26 bits per heavy atom. The number of benzene rings is 1. The molecule has 1 saturated carbocycles. The molecule has 3 atom stereocenters. The van der Waals surface area contributed by atoms with Crippen molar-refractivity contribution in [1.29, 1.82) is 0 Å². The SMILES string of the molecule is CSC1C2CCCC[C@]2(C)c2cc3ccccc3n21. The van der Waals surface area contributed by atoms with Crippen LogP contribution in [-0.2, 0) is 5.41 Å². The second-order valence-corrected chi connectivity index (χ2v) is 7.31. The molecule has 0 bridgehead atoms. The van der Waals surface area contributed by atoms with Gasteiger partial charge in [-0.25, -0.2) is 0 Å². The summed E-state index contributed by atoms with van der Waals surface area (Å²) in [5, 5.41) is 2.06. The number of hydrogen-bond donors (Lipinski definition) is 0. The standard InChI is InChI=1S/C17H21NS/c1-17-10-6-5-8-13(17)16(19-2)18-14-9-4-3-7-12(14)11-15(17)18/h3-4,7,9,11,13,16H,5-6,8,10H2,1-2H3/t13?,16?,17-/m0/s1. The largest absolute Gasteiger partial charge is 0.331 e. The van der Waals surface area contributed by atoms with Crippen LogP contribution in [0.5, 0.6) is 0 Å². The van der Waals surface area contributed by atoms with Gasteiger partial charge in [-0.2, -0.15) is 0 Å². The number of fused-ring (bicyclic) bond motifs is 5.